The van der Waals surface area contributed by atoms with Crippen LogP contribution in [0.15, 0.2) is 57.8 Å². The molecule has 1 fully saturated rings. The number of benzene rings is 1. The van der Waals surface area contributed by atoms with Crippen LogP contribution in [0.4, 0.5) is 10.7 Å². The normalized spacial score (nSPS) is 13.9. The van der Waals surface area contributed by atoms with Gasteiger partial charge in [0.1, 0.15) is 6.07 Å². The van der Waals surface area contributed by atoms with Gasteiger partial charge in [0.2, 0.25) is 11.6 Å². The van der Waals surface area contributed by atoms with Crippen LogP contribution >= 0.6 is 0 Å². The van der Waals surface area contributed by atoms with Crippen molar-refractivity contribution in [2.45, 2.75) is 13.0 Å². The number of aromatic nitrogens is 3. The maximum absolute atomic E-state index is 12.6. The van der Waals surface area contributed by atoms with Crippen molar-refractivity contribution in [3.05, 3.63) is 54.7 Å². The number of carbonyl (C=O) groups excluding carboxylic acids is 1. The van der Waals surface area contributed by atoms with E-state index < -0.39 is 0 Å². The van der Waals surface area contributed by atoms with Crippen LogP contribution in [-0.4, -0.2) is 58.2 Å². The number of hydrogen-bond donors (Lipinski definition) is 1. The van der Waals surface area contributed by atoms with Crippen LogP contribution in [0.1, 0.15) is 12.1 Å². The first-order valence-electron chi connectivity index (χ1n) is 10.9. The van der Waals surface area contributed by atoms with Crippen LogP contribution in [0.2, 0.25) is 0 Å². The summed E-state index contributed by atoms with van der Waals surface area (Å²) in [5, 5.41) is 12.4. The van der Waals surface area contributed by atoms with Gasteiger partial charge in [-0.05, 0) is 30.7 Å². The molecule has 1 aliphatic heterocycles. The number of anilines is 1. The van der Waals surface area contributed by atoms with Gasteiger partial charge in [0.05, 0.1) is 23.6 Å². The summed E-state index contributed by atoms with van der Waals surface area (Å²) < 4.78 is 13.2. The van der Waals surface area contributed by atoms with Gasteiger partial charge in [-0.2, -0.15) is 10.2 Å². The lowest BCUT2D eigenvalue weighted by Crippen LogP contribution is -2.52. The molecule has 0 bridgehead atoms. The lowest BCUT2D eigenvalue weighted by Gasteiger charge is -2.34. The van der Waals surface area contributed by atoms with E-state index in [0.29, 0.717) is 44.4 Å². The second-order valence-electron chi connectivity index (χ2n) is 7.75. The van der Waals surface area contributed by atoms with Gasteiger partial charge in [0, 0.05) is 39.3 Å². The van der Waals surface area contributed by atoms with Gasteiger partial charge in [0.15, 0.2) is 5.76 Å². The zero-order chi connectivity index (χ0) is 22.6. The number of nitriles is 1. The first-order chi connectivity index (χ1) is 16.2. The number of imidazole rings is 1. The molecule has 4 heterocycles. The van der Waals surface area contributed by atoms with E-state index in [1.165, 1.54) is 6.26 Å². The van der Waals surface area contributed by atoms with Gasteiger partial charge in [0.25, 0.3) is 5.89 Å². The molecule has 4 aromatic rings. The number of carbonyl (C=O) groups is 1. The Morgan fingerprint density at radius 1 is 1.15 bits per heavy atom. The summed E-state index contributed by atoms with van der Waals surface area (Å²) in [5.74, 6) is 1.16. The van der Waals surface area contributed by atoms with Crippen molar-refractivity contribution in [1.82, 2.24) is 24.8 Å². The van der Waals surface area contributed by atoms with Crippen molar-refractivity contribution in [2.75, 3.05) is 37.6 Å². The van der Waals surface area contributed by atoms with Crippen molar-refractivity contribution in [3.8, 4) is 17.7 Å². The molecule has 0 unspecified atom stereocenters. The van der Waals surface area contributed by atoms with E-state index in [2.05, 4.69) is 25.9 Å². The lowest BCUT2D eigenvalue weighted by molar-refractivity contribution is 0.193. The number of nitrogens with one attached hydrogen (secondary N) is 1. The van der Waals surface area contributed by atoms with Gasteiger partial charge in [-0.3, -0.25) is 0 Å². The highest BCUT2D eigenvalue weighted by Gasteiger charge is 2.27. The quantitative estimate of drug-likeness (QED) is 0.453. The molecular weight excluding hydrogens is 422 g/mol. The molecule has 2 amide bonds. The highest BCUT2D eigenvalue weighted by molar-refractivity contribution is 5.75. The summed E-state index contributed by atoms with van der Waals surface area (Å²) in [6.07, 6.45) is 4.17. The second-order valence-corrected chi connectivity index (χ2v) is 7.75. The third-order valence-electron chi connectivity index (χ3n) is 5.68. The van der Waals surface area contributed by atoms with Crippen molar-refractivity contribution in [2.24, 2.45) is 0 Å². The van der Waals surface area contributed by atoms with Gasteiger partial charge < -0.3 is 28.5 Å². The van der Waals surface area contributed by atoms with Crippen LogP contribution in [0.5, 0.6) is 0 Å². The fraction of sp³-hybridized carbons (Fsp3) is 0.304. The summed E-state index contributed by atoms with van der Waals surface area (Å²) in [6, 6.07) is 13.5. The second kappa shape index (κ2) is 9.08. The van der Waals surface area contributed by atoms with Crippen molar-refractivity contribution in [1.29, 1.82) is 5.26 Å². The van der Waals surface area contributed by atoms with Crippen molar-refractivity contribution < 1.29 is 13.6 Å². The molecule has 1 aliphatic rings. The SMILES string of the molecule is N#Cc1nc(-c2ccco2)oc1N1CCN(C(=O)NCCCn2cnc3ccccc32)CC1. The Bertz CT molecular complexity index is 1280. The predicted molar refractivity (Wildman–Crippen MR) is 120 cm³/mol. The summed E-state index contributed by atoms with van der Waals surface area (Å²) >= 11 is 0. The number of nitrogens with zero attached hydrogens (tertiary/aromatic N) is 6. The highest BCUT2D eigenvalue weighted by atomic mass is 16.4. The van der Waals surface area contributed by atoms with Gasteiger partial charge in [-0.25, -0.2) is 9.78 Å². The zero-order valence-electron chi connectivity index (χ0n) is 18.0. The van der Waals surface area contributed by atoms with Gasteiger partial charge >= 0.3 is 6.03 Å². The van der Waals surface area contributed by atoms with Crippen molar-refractivity contribution >= 4 is 22.9 Å². The molecule has 1 N–H and O–H groups in total. The Balaban J connectivity index is 1.11. The van der Waals surface area contributed by atoms with Crippen LogP contribution in [0.3, 0.4) is 0 Å². The minimum absolute atomic E-state index is 0.0838. The number of amides is 2. The third-order valence-corrected chi connectivity index (χ3v) is 5.68. The Hall–Kier alpha value is -4.26. The van der Waals surface area contributed by atoms with Crippen LogP contribution in [-0.2, 0) is 6.54 Å². The number of para-hydroxylation sites is 2. The molecule has 1 aromatic carbocycles. The molecule has 0 aliphatic carbocycles. The number of rotatable bonds is 6. The Labute approximate surface area is 190 Å². The van der Waals surface area contributed by atoms with Crippen LogP contribution in [0, 0.1) is 11.3 Å². The maximum atomic E-state index is 12.6. The molecule has 3 aromatic heterocycles. The molecule has 33 heavy (non-hydrogen) atoms. The first kappa shape index (κ1) is 20.6. The minimum atomic E-state index is -0.0838. The van der Waals surface area contributed by atoms with E-state index in [1.807, 2.05) is 35.5 Å². The first-order valence-corrected chi connectivity index (χ1v) is 10.9. The molecule has 1 saturated heterocycles. The molecule has 5 rings (SSSR count). The number of furan rings is 1. The number of fused-ring (bicyclic) bond motifs is 1. The van der Waals surface area contributed by atoms with Crippen LogP contribution in [0.25, 0.3) is 22.7 Å². The fourth-order valence-corrected chi connectivity index (χ4v) is 3.96. The summed E-state index contributed by atoms with van der Waals surface area (Å²) in [5.41, 5.74) is 2.28. The molecule has 10 nitrogen and oxygen atoms in total. The van der Waals surface area contributed by atoms with E-state index in [9.17, 15) is 10.1 Å². The van der Waals surface area contributed by atoms with E-state index in [4.69, 9.17) is 8.83 Å². The number of hydrogen-bond acceptors (Lipinski definition) is 7. The maximum Gasteiger partial charge on any atom is 0.317 e. The molecule has 10 heteroatoms. The van der Waals surface area contributed by atoms with E-state index in [1.54, 1.807) is 17.0 Å². The average Bonchev–Trinajstić information content (AvgIpc) is 3.61. The minimum Gasteiger partial charge on any atom is -0.459 e. The smallest absolute Gasteiger partial charge is 0.317 e. The number of urea groups is 1. The lowest BCUT2D eigenvalue weighted by atomic mass is 10.3. The Morgan fingerprint density at radius 3 is 2.79 bits per heavy atom. The number of oxazole rings is 1. The Morgan fingerprint density at radius 2 is 2.00 bits per heavy atom. The molecule has 168 valence electrons. The molecule has 0 saturated carbocycles. The Kier molecular flexibility index (Phi) is 5.68. The summed E-state index contributed by atoms with van der Waals surface area (Å²) in [7, 11) is 0. The third kappa shape index (κ3) is 4.25. The highest BCUT2D eigenvalue weighted by Crippen LogP contribution is 2.29. The van der Waals surface area contributed by atoms with E-state index in [0.717, 1.165) is 24.0 Å². The van der Waals surface area contributed by atoms with Crippen LogP contribution < -0.4 is 10.2 Å². The molecule has 0 radical (unpaired) electrons. The van der Waals surface area contributed by atoms with E-state index >= 15 is 0 Å². The molecule has 0 spiro atoms. The monoisotopic (exact) mass is 445 g/mol. The summed E-state index contributed by atoms with van der Waals surface area (Å²) in [6.45, 7) is 3.53. The molecule has 0 atom stereocenters. The van der Waals surface area contributed by atoms with Gasteiger partial charge in [-0.1, -0.05) is 12.1 Å². The average molecular weight is 445 g/mol. The topological polar surface area (TPSA) is 116 Å². The van der Waals surface area contributed by atoms with Crippen molar-refractivity contribution in [3.63, 3.8) is 0 Å². The number of aryl methyl sites for hydroxylation is 1. The fourth-order valence-electron chi connectivity index (χ4n) is 3.96. The zero-order valence-corrected chi connectivity index (χ0v) is 18.0. The standard InChI is InChI=1S/C23H23N7O3/c24-15-18-22(33-21(27-18)20-7-3-14-32-20)28-10-12-29(13-11-28)23(31)25-8-4-9-30-16-26-17-5-1-2-6-19(17)30/h1-3,5-7,14,16H,4,8-13H2,(H,25,31). The molecular formula is C23H23N7O3. The van der Waals surface area contributed by atoms with E-state index in [-0.39, 0.29) is 17.6 Å². The van der Waals surface area contributed by atoms with Gasteiger partial charge in [-0.15, -0.1) is 0 Å². The largest absolute Gasteiger partial charge is 0.459 e. The predicted octanol–water partition coefficient (Wildman–Crippen LogP) is 3.08. The number of piperazine rings is 1. The summed E-state index contributed by atoms with van der Waals surface area (Å²) in [4.78, 5) is 24.9.